The van der Waals surface area contributed by atoms with E-state index in [9.17, 15) is 13.6 Å². The second-order valence-corrected chi connectivity index (χ2v) is 6.68. The third-order valence-corrected chi connectivity index (χ3v) is 5.01. The molecule has 1 aromatic carbocycles. The molecule has 0 amide bonds. The quantitative estimate of drug-likeness (QED) is 0.500. The minimum Gasteiger partial charge on any atom is -0.435 e. The highest BCUT2D eigenvalue weighted by Crippen LogP contribution is 2.24. The molecule has 2 heterocycles. The highest BCUT2D eigenvalue weighted by Gasteiger charge is 2.20. The first-order valence-electron chi connectivity index (χ1n) is 8.55. The summed E-state index contributed by atoms with van der Waals surface area (Å²) in [6, 6.07) is 5.67. The normalized spacial score (nSPS) is 14.6. The van der Waals surface area contributed by atoms with Gasteiger partial charge in [0.05, 0.1) is 19.0 Å². The van der Waals surface area contributed by atoms with E-state index in [1.807, 2.05) is 11.5 Å². The molecule has 7 nitrogen and oxygen atoms in total. The molecule has 1 fully saturated rings. The van der Waals surface area contributed by atoms with Gasteiger partial charge in [0.15, 0.2) is 10.9 Å². The largest absolute Gasteiger partial charge is 0.435 e. The Bertz CT molecular complexity index is 764. The van der Waals surface area contributed by atoms with E-state index in [-0.39, 0.29) is 17.3 Å². The average Bonchev–Trinajstić information content (AvgIpc) is 3.10. The number of anilines is 1. The number of halogens is 2. The summed E-state index contributed by atoms with van der Waals surface area (Å²) in [6.45, 7) is 2.63. The van der Waals surface area contributed by atoms with E-state index in [4.69, 9.17) is 4.74 Å². The Morgan fingerprint density at radius 1 is 1.26 bits per heavy atom. The van der Waals surface area contributed by atoms with Gasteiger partial charge in [0.25, 0.3) is 0 Å². The van der Waals surface area contributed by atoms with Gasteiger partial charge in [-0.05, 0) is 31.2 Å². The minimum absolute atomic E-state index is 0.0232. The number of ether oxygens (including phenoxy) is 2. The van der Waals surface area contributed by atoms with Crippen molar-refractivity contribution in [2.45, 2.75) is 25.2 Å². The summed E-state index contributed by atoms with van der Waals surface area (Å²) >= 11 is 1.30. The van der Waals surface area contributed by atoms with Crippen molar-refractivity contribution in [2.24, 2.45) is 0 Å². The molecular formula is C17H20F2N4O3S. The van der Waals surface area contributed by atoms with Crippen LogP contribution in [0.1, 0.15) is 17.3 Å². The number of thioether (sulfide) groups is 1. The molecule has 3 rings (SSSR count). The van der Waals surface area contributed by atoms with Gasteiger partial charge in [-0.3, -0.25) is 9.36 Å². The van der Waals surface area contributed by atoms with Crippen LogP contribution in [0.2, 0.25) is 0 Å². The molecule has 0 N–H and O–H groups in total. The molecule has 146 valence electrons. The molecule has 0 atom stereocenters. The first kappa shape index (κ1) is 19.6. The molecule has 1 aliphatic heterocycles. The van der Waals surface area contributed by atoms with Crippen molar-refractivity contribution in [3.8, 4) is 5.75 Å². The van der Waals surface area contributed by atoms with Gasteiger partial charge in [0.2, 0.25) is 5.95 Å². The van der Waals surface area contributed by atoms with E-state index in [0.717, 1.165) is 19.0 Å². The third-order valence-electron chi connectivity index (χ3n) is 4.04. The zero-order valence-electron chi connectivity index (χ0n) is 14.8. The van der Waals surface area contributed by atoms with Crippen molar-refractivity contribution in [2.75, 3.05) is 37.0 Å². The number of carbonyl (C=O) groups excluding carboxylic acids is 1. The van der Waals surface area contributed by atoms with Crippen LogP contribution in [-0.4, -0.2) is 59.2 Å². The Morgan fingerprint density at radius 3 is 2.59 bits per heavy atom. The number of benzene rings is 1. The number of alkyl halides is 2. The van der Waals surface area contributed by atoms with Crippen molar-refractivity contribution in [1.29, 1.82) is 0 Å². The lowest BCUT2D eigenvalue weighted by atomic mass is 10.1. The summed E-state index contributed by atoms with van der Waals surface area (Å²) in [5.41, 5.74) is 0.431. The van der Waals surface area contributed by atoms with Gasteiger partial charge in [-0.15, -0.1) is 10.2 Å². The van der Waals surface area contributed by atoms with Crippen molar-refractivity contribution in [1.82, 2.24) is 14.8 Å². The van der Waals surface area contributed by atoms with Gasteiger partial charge in [-0.2, -0.15) is 8.78 Å². The Morgan fingerprint density at radius 2 is 1.96 bits per heavy atom. The van der Waals surface area contributed by atoms with Crippen LogP contribution in [-0.2, 0) is 11.3 Å². The van der Waals surface area contributed by atoms with E-state index in [0.29, 0.717) is 30.5 Å². The van der Waals surface area contributed by atoms with Gasteiger partial charge >= 0.3 is 6.61 Å². The number of Topliss-reactive ketones (excluding diaryl/α,β-unsaturated/α-hetero) is 1. The smallest absolute Gasteiger partial charge is 0.387 e. The lowest BCUT2D eigenvalue weighted by molar-refractivity contribution is -0.0498. The number of carbonyl (C=O) groups is 1. The maximum Gasteiger partial charge on any atom is 0.387 e. The Labute approximate surface area is 159 Å². The Hall–Kier alpha value is -2.20. The number of aromatic nitrogens is 3. The van der Waals surface area contributed by atoms with Crippen molar-refractivity contribution >= 4 is 23.5 Å². The van der Waals surface area contributed by atoms with E-state index in [1.165, 1.54) is 36.0 Å². The van der Waals surface area contributed by atoms with Crippen LogP contribution >= 0.6 is 11.8 Å². The molecule has 10 heteroatoms. The van der Waals surface area contributed by atoms with Crippen LogP contribution in [0.5, 0.6) is 5.75 Å². The molecule has 0 radical (unpaired) electrons. The predicted octanol–water partition coefficient (Wildman–Crippen LogP) is 2.71. The van der Waals surface area contributed by atoms with Gasteiger partial charge in [0.1, 0.15) is 5.75 Å². The first-order chi connectivity index (χ1) is 13.1. The fourth-order valence-electron chi connectivity index (χ4n) is 2.70. The van der Waals surface area contributed by atoms with E-state index < -0.39 is 6.61 Å². The second-order valence-electron chi connectivity index (χ2n) is 5.74. The summed E-state index contributed by atoms with van der Waals surface area (Å²) in [6.07, 6.45) is 0. The summed E-state index contributed by atoms with van der Waals surface area (Å²) in [4.78, 5) is 14.5. The van der Waals surface area contributed by atoms with Gasteiger partial charge in [0, 0.05) is 25.2 Å². The molecule has 1 aromatic heterocycles. The van der Waals surface area contributed by atoms with Crippen LogP contribution in [0.15, 0.2) is 29.4 Å². The maximum atomic E-state index is 12.4. The summed E-state index contributed by atoms with van der Waals surface area (Å²) in [5, 5.41) is 9.15. The van der Waals surface area contributed by atoms with Crippen LogP contribution in [0.25, 0.3) is 0 Å². The number of hydrogen-bond acceptors (Lipinski definition) is 7. The van der Waals surface area contributed by atoms with Crippen molar-refractivity contribution in [3.63, 3.8) is 0 Å². The van der Waals surface area contributed by atoms with Gasteiger partial charge in [-0.1, -0.05) is 11.8 Å². The molecule has 1 saturated heterocycles. The average molecular weight is 398 g/mol. The van der Waals surface area contributed by atoms with Crippen LogP contribution in [0.3, 0.4) is 0 Å². The highest BCUT2D eigenvalue weighted by molar-refractivity contribution is 7.99. The second kappa shape index (κ2) is 9.14. The molecule has 0 spiro atoms. The van der Waals surface area contributed by atoms with Crippen LogP contribution in [0.4, 0.5) is 14.7 Å². The molecule has 0 unspecified atom stereocenters. The van der Waals surface area contributed by atoms with Crippen LogP contribution in [0, 0.1) is 0 Å². The van der Waals surface area contributed by atoms with E-state index in [2.05, 4.69) is 19.8 Å². The summed E-state index contributed by atoms with van der Waals surface area (Å²) in [5.74, 6) is 0.859. The van der Waals surface area contributed by atoms with E-state index >= 15 is 0 Å². The fraction of sp³-hybridized carbons (Fsp3) is 0.471. The van der Waals surface area contributed by atoms with Gasteiger partial charge < -0.3 is 14.4 Å². The number of rotatable bonds is 8. The number of nitrogens with zero attached hydrogens (tertiary/aromatic N) is 4. The lowest BCUT2D eigenvalue weighted by Crippen LogP contribution is -2.38. The zero-order valence-corrected chi connectivity index (χ0v) is 15.6. The van der Waals surface area contributed by atoms with Crippen LogP contribution < -0.4 is 9.64 Å². The molecule has 27 heavy (non-hydrogen) atoms. The summed E-state index contributed by atoms with van der Waals surface area (Å²) in [7, 11) is 0. The Kier molecular flexibility index (Phi) is 6.62. The fourth-order valence-corrected chi connectivity index (χ4v) is 3.59. The van der Waals surface area contributed by atoms with Gasteiger partial charge in [-0.25, -0.2) is 0 Å². The zero-order chi connectivity index (χ0) is 19.2. The first-order valence-corrected chi connectivity index (χ1v) is 9.53. The van der Waals surface area contributed by atoms with Crippen molar-refractivity contribution in [3.05, 3.63) is 29.8 Å². The minimum atomic E-state index is -2.89. The third kappa shape index (κ3) is 4.95. The molecule has 0 bridgehead atoms. The summed E-state index contributed by atoms with van der Waals surface area (Å²) < 4.78 is 36.0. The van der Waals surface area contributed by atoms with Crippen molar-refractivity contribution < 1.29 is 23.0 Å². The SMILES string of the molecule is CCn1c(SCC(=O)c2ccc(OC(F)F)cc2)nnc1N1CCOCC1. The monoisotopic (exact) mass is 398 g/mol. The van der Waals surface area contributed by atoms with E-state index in [1.54, 1.807) is 0 Å². The molecule has 2 aromatic rings. The lowest BCUT2D eigenvalue weighted by Gasteiger charge is -2.27. The number of morpholine rings is 1. The molecular weight excluding hydrogens is 378 g/mol. The molecule has 0 saturated carbocycles. The molecule has 0 aliphatic carbocycles. The maximum absolute atomic E-state index is 12.4. The Balaban J connectivity index is 1.62. The molecule has 1 aliphatic rings. The number of hydrogen-bond donors (Lipinski definition) is 0. The highest BCUT2D eigenvalue weighted by atomic mass is 32.2. The number of ketones is 1. The standard InChI is InChI=1S/C17H20F2N4O3S/c1-2-23-16(22-7-9-25-10-8-22)20-21-17(23)27-11-14(24)12-3-5-13(6-4-12)26-15(18)19/h3-6,15H,2,7-11H2,1H3. The topological polar surface area (TPSA) is 69.5 Å². The predicted molar refractivity (Wildman–Crippen MR) is 96.9 cm³/mol.